The Morgan fingerprint density at radius 1 is 1.11 bits per heavy atom. The van der Waals surface area contributed by atoms with Crippen molar-refractivity contribution in [1.29, 1.82) is 0 Å². The van der Waals surface area contributed by atoms with E-state index in [1.54, 1.807) is 6.92 Å². The van der Waals surface area contributed by atoms with Crippen molar-refractivity contribution in [2.75, 3.05) is 26.4 Å². The summed E-state index contributed by atoms with van der Waals surface area (Å²) in [5.74, 6) is 0.0789. The van der Waals surface area contributed by atoms with Crippen LogP contribution in [0.1, 0.15) is 22.8 Å². The molecule has 0 aromatic heterocycles. The molecule has 0 radical (unpaired) electrons. The number of ketones is 1. The van der Waals surface area contributed by atoms with Crippen LogP contribution < -0.4 is 0 Å². The third-order valence-corrected chi connectivity index (χ3v) is 3.63. The fourth-order valence-corrected chi connectivity index (χ4v) is 2.21. The molecule has 0 saturated carbocycles. The van der Waals surface area contributed by atoms with Crippen molar-refractivity contribution in [3.05, 3.63) is 35.4 Å². The SMILES string of the molecule is CC(=O)c1ccc(COCCOCCOPI)cc1. The van der Waals surface area contributed by atoms with Gasteiger partial charge in [-0.2, -0.15) is 0 Å². The summed E-state index contributed by atoms with van der Waals surface area (Å²) in [6.07, 6.45) is 0. The van der Waals surface area contributed by atoms with E-state index >= 15 is 0 Å². The highest BCUT2D eigenvalue weighted by molar-refractivity contribution is 14.2. The number of carbonyl (C=O) groups excluding carboxylic acids is 1. The number of benzene rings is 1. The van der Waals surface area contributed by atoms with E-state index in [0.717, 1.165) is 11.1 Å². The molecule has 1 atom stereocenters. The summed E-state index contributed by atoms with van der Waals surface area (Å²) < 4.78 is 16.0. The van der Waals surface area contributed by atoms with E-state index in [4.69, 9.17) is 14.0 Å². The lowest BCUT2D eigenvalue weighted by Crippen LogP contribution is -2.07. The molecule has 4 nitrogen and oxygen atoms in total. The van der Waals surface area contributed by atoms with Crippen molar-refractivity contribution < 1.29 is 18.8 Å². The lowest BCUT2D eigenvalue weighted by atomic mass is 10.1. The Bertz CT molecular complexity index is 369. The van der Waals surface area contributed by atoms with Gasteiger partial charge in [-0.05, 0) is 34.5 Å². The average Bonchev–Trinajstić information content (AvgIpc) is 2.42. The van der Waals surface area contributed by atoms with E-state index in [-0.39, 0.29) is 5.78 Å². The van der Waals surface area contributed by atoms with Gasteiger partial charge < -0.3 is 14.0 Å². The number of rotatable bonds is 10. The predicted octanol–water partition coefficient (Wildman–Crippen LogP) is 3.38. The summed E-state index contributed by atoms with van der Waals surface area (Å²) in [5, 5.41) is 0. The maximum absolute atomic E-state index is 11.1. The molecule has 0 spiro atoms. The van der Waals surface area contributed by atoms with Crippen molar-refractivity contribution in [2.24, 2.45) is 0 Å². The third kappa shape index (κ3) is 7.95. The fraction of sp³-hybridized carbons (Fsp3) is 0.462. The molecule has 0 amide bonds. The zero-order chi connectivity index (χ0) is 13.9. The summed E-state index contributed by atoms with van der Waals surface area (Å²) in [4.78, 5) is 11.1. The Balaban J connectivity index is 2.07. The van der Waals surface area contributed by atoms with Crippen molar-refractivity contribution >= 4 is 34.3 Å². The summed E-state index contributed by atoms with van der Waals surface area (Å²) in [6.45, 7) is 4.94. The van der Waals surface area contributed by atoms with Crippen molar-refractivity contribution in [1.82, 2.24) is 0 Å². The lowest BCUT2D eigenvalue weighted by molar-refractivity contribution is 0.0321. The van der Waals surface area contributed by atoms with Gasteiger partial charge in [-0.3, -0.25) is 4.79 Å². The second-order valence-electron chi connectivity index (χ2n) is 3.84. The molecule has 0 aliphatic rings. The van der Waals surface area contributed by atoms with Crippen LogP contribution in [-0.4, -0.2) is 32.2 Å². The zero-order valence-electron chi connectivity index (χ0n) is 10.9. The molecule has 0 saturated heterocycles. The second kappa shape index (κ2) is 10.7. The number of carbonyl (C=O) groups is 1. The number of ether oxygens (including phenoxy) is 2. The largest absolute Gasteiger partial charge is 0.377 e. The Morgan fingerprint density at radius 2 is 1.74 bits per heavy atom. The van der Waals surface area contributed by atoms with Crippen LogP contribution in [0.3, 0.4) is 0 Å². The van der Waals surface area contributed by atoms with Crippen LogP contribution in [0, 0.1) is 0 Å². The second-order valence-corrected chi connectivity index (χ2v) is 5.61. The van der Waals surface area contributed by atoms with Crippen molar-refractivity contribution in [3.63, 3.8) is 0 Å². The van der Waals surface area contributed by atoms with Gasteiger partial charge in [-0.25, -0.2) is 0 Å². The predicted molar refractivity (Wildman–Crippen MR) is 85.2 cm³/mol. The van der Waals surface area contributed by atoms with Crippen LogP contribution in [0.4, 0.5) is 0 Å². The Kier molecular flexibility index (Phi) is 9.55. The Hall–Kier alpha value is -0.0700. The van der Waals surface area contributed by atoms with E-state index in [2.05, 4.69) is 22.0 Å². The standard InChI is InChI=1S/C13H18IO4P/c1-11(15)13-4-2-12(3-5-13)10-17-7-6-16-8-9-18-19-14/h2-5,19H,6-10H2,1H3. The minimum Gasteiger partial charge on any atom is -0.377 e. The van der Waals surface area contributed by atoms with Gasteiger partial charge >= 0.3 is 0 Å². The smallest absolute Gasteiger partial charge is 0.159 e. The number of halogens is 1. The highest BCUT2D eigenvalue weighted by Crippen LogP contribution is 2.20. The molecule has 1 aromatic rings. The molecule has 1 aromatic carbocycles. The van der Waals surface area contributed by atoms with Gasteiger partial charge in [0.2, 0.25) is 0 Å². The van der Waals surface area contributed by atoms with Gasteiger partial charge in [0.1, 0.15) is 0 Å². The maximum atomic E-state index is 11.1. The Morgan fingerprint density at radius 3 is 2.37 bits per heavy atom. The highest BCUT2D eigenvalue weighted by atomic mass is 127. The minimum absolute atomic E-state index is 0.0789. The number of hydrogen-bond acceptors (Lipinski definition) is 4. The first kappa shape index (κ1) is 17.0. The first-order valence-corrected chi connectivity index (χ1v) is 9.99. The van der Waals surface area contributed by atoms with Crippen LogP contribution in [-0.2, 0) is 20.6 Å². The molecule has 19 heavy (non-hydrogen) atoms. The molecule has 0 N–H and O–H groups in total. The van der Waals surface area contributed by atoms with Crippen LogP contribution >= 0.6 is 28.5 Å². The summed E-state index contributed by atoms with van der Waals surface area (Å²) in [5.41, 5.74) is 1.78. The quantitative estimate of drug-likeness (QED) is 0.263. The normalized spacial score (nSPS) is 11.3. The van der Waals surface area contributed by atoms with E-state index < -0.39 is 0 Å². The molecular weight excluding hydrogens is 378 g/mol. The van der Waals surface area contributed by atoms with Crippen LogP contribution in [0.5, 0.6) is 0 Å². The zero-order valence-corrected chi connectivity index (χ0v) is 14.0. The van der Waals surface area contributed by atoms with E-state index in [1.165, 1.54) is 0 Å². The molecule has 0 fully saturated rings. The van der Waals surface area contributed by atoms with Crippen LogP contribution in [0.2, 0.25) is 0 Å². The molecule has 106 valence electrons. The molecular formula is C13H18IO4P. The van der Waals surface area contributed by atoms with Crippen molar-refractivity contribution in [2.45, 2.75) is 13.5 Å². The van der Waals surface area contributed by atoms with Crippen LogP contribution in [0.25, 0.3) is 0 Å². The monoisotopic (exact) mass is 396 g/mol. The minimum atomic E-state index is 0.0789. The van der Waals surface area contributed by atoms with E-state index in [9.17, 15) is 4.79 Å². The van der Waals surface area contributed by atoms with Gasteiger partial charge in [0.05, 0.1) is 39.5 Å². The number of Topliss-reactive ketones (excluding diaryl/α,β-unsaturated/α-hetero) is 1. The molecule has 6 heteroatoms. The summed E-state index contributed by atoms with van der Waals surface area (Å²) in [7, 11) is 0. The topological polar surface area (TPSA) is 44.8 Å². The van der Waals surface area contributed by atoms with Gasteiger partial charge in [0.15, 0.2) is 5.78 Å². The summed E-state index contributed by atoms with van der Waals surface area (Å²) >= 11 is 2.18. The molecule has 0 bridgehead atoms. The molecule has 0 aliphatic heterocycles. The van der Waals surface area contributed by atoms with E-state index in [0.29, 0.717) is 39.5 Å². The number of hydrogen-bond donors (Lipinski definition) is 0. The molecule has 1 rings (SSSR count). The van der Waals surface area contributed by atoms with Gasteiger partial charge in [0.25, 0.3) is 0 Å². The maximum Gasteiger partial charge on any atom is 0.159 e. The molecule has 0 heterocycles. The van der Waals surface area contributed by atoms with Gasteiger partial charge in [0, 0.05) is 5.56 Å². The molecule has 0 aliphatic carbocycles. The highest BCUT2D eigenvalue weighted by Gasteiger charge is 1.99. The first-order chi connectivity index (χ1) is 9.24. The molecule has 1 unspecified atom stereocenters. The lowest BCUT2D eigenvalue weighted by Gasteiger charge is -2.06. The average molecular weight is 396 g/mol. The van der Waals surface area contributed by atoms with Crippen molar-refractivity contribution in [3.8, 4) is 0 Å². The third-order valence-electron chi connectivity index (χ3n) is 2.39. The van der Waals surface area contributed by atoms with Gasteiger partial charge in [-0.1, -0.05) is 24.3 Å². The Labute approximate surface area is 128 Å². The van der Waals surface area contributed by atoms with E-state index in [1.807, 2.05) is 24.3 Å². The summed E-state index contributed by atoms with van der Waals surface area (Å²) in [6, 6.07) is 7.46. The fourth-order valence-electron chi connectivity index (χ4n) is 1.38. The van der Waals surface area contributed by atoms with Gasteiger partial charge in [-0.15, -0.1) is 0 Å². The van der Waals surface area contributed by atoms with Crippen LogP contribution in [0.15, 0.2) is 24.3 Å². The first-order valence-electron chi connectivity index (χ1n) is 5.97.